The van der Waals surface area contributed by atoms with Gasteiger partial charge in [-0.2, -0.15) is 13.2 Å². The van der Waals surface area contributed by atoms with E-state index in [4.69, 9.17) is 0 Å². The molecule has 5 heteroatoms. The maximum absolute atomic E-state index is 11.9. The average molecular weight is 339 g/mol. The number of hydrogen-bond donors (Lipinski definition) is 0. The average Bonchev–Trinajstić information content (AvgIpc) is 2.21. The maximum Gasteiger partial charge on any atom is 0.411 e. The Hall–Kier alpha value is -0.550. The second-order valence-electron chi connectivity index (χ2n) is 4.74. The van der Waals surface area contributed by atoms with Crippen LogP contribution in [0, 0.1) is 20.8 Å². The molecule has 0 aliphatic carbocycles. The zero-order valence-corrected chi connectivity index (χ0v) is 12.9. The number of hydrogen-bond acceptors (Lipinski definition) is 1. The molecule has 0 aliphatic heterocycles. The van der Waals surface area contributed by atoms with Crippen LogP contribution >= 0.6 is 15.9 Å². The molecule has 0 fully saturated rings. The maximum atomic E-state index is 11.9. The summed E-state index contributed by atoms with van der Waals surface area (Å²) in [6.07, 6.45) is -3.74. The van der Waals surface area contributed by atoms with Gasteiger partial charge in [-0.15, -0.1) is 0 Å². The fourth-order valence-electron chi connectivity index (χ4n) is 2.20. The van der Waals surface area contributed by atoms with E-state index in [1.54, 1.807) is 0 Å². The molecule has 0 radical (unpaired) electrons. The lowest BCUT2D eigenvalue weighted by molar-refractivity contribution is -0.174. The van der Waals surface area contributed by atoms with Gasteiger partial charge in [-0.1, -0.05) is 33.6 Å². The Balaban J connectivity index is 2.57. The lowest BCUT2D eigenvalue weighted by Crippen LogP contribution is -2.17. The van der Waals surface area contributed by atoms with E-state index in [0.29, 0.717) is 6.42 Å². The Bertz CT molecular complexity index is 406. The first kappa shape index (κ1) is 16.5. The number of aryl methyl sites for hydroxylation is 3. The number of ether oxygens (including phenoxy) is 1. The SMILES string of the molecule is Cc1cc(C)c(C(Br)CCOCC(F)(F)F)c(C)c1. The van der Waals surface area contributed by atoms with Crippen LogP contribution in [0.1, 0.15) is 33.5 Å². The number of halogens is 4. The molecule has 0 heterocycles. The van der Waals surface area contributed by atoms with Crippen molar-refractivity contribution in [2.45, 2.75) is 38.2 Å². The molecule has 1 aromatic carbocycles. The van der Waals surface area contributed by atoms with E-state index in [9.17, 15) is 13.2 Å². The summed E-state index contributed by atoms with van der Waals surface area (Å²) in [4.78, 5) is 0.0151. The van der Waals surface area contributed by atoms with Crippen LogP contribution in [0.25, 0.3) is 0 Å². The van der Waals surface area contributed by atoms with E-state index in [0.717, 1.165) is 16.7 Å². The molecule has 1 aromatic rings. The molecule has 0 saturated carbocycles. The Kier molecular flexibility index (Phi) is 5.86. The first-order valence-electron chi connectivity index (χ1n) is 6.07. The van der Waals surface area contributed by atoms with Crippen molar-refractivity contribution in [3.8, 4) is 0 Å². The van der Waals surface area contributed by atoms with Gasteiger partial charge in [0, 0.05) is 11.4 Å². The van der Waals surface area contributed by atoms with Gasteiger partial charge in [-0.25, -0.2) is 0 Å². The van der Waals surface area contributed by atoms with Gasteiger partial charge in [0.15, 0.2) is 0 Å². The Morgan fingerprint density at radius 1 is 1.16 bits per heavy atom. The van der Waals surface area contributed by atoms with E-state index < -0.39 is 12.8 Å². The zero-order valence-electron chi connectivity index (χ0n) is 11.3. The Morgan fingerprint density at radius 3 is 2.16 bits per heavy atom. The molecule has 1 atom stereocenters. The van der Waals surface area contributed by atoms with Crippen molar-refractivity contribution < 1.29 is 17.9 Å². The normalized spacial score (nSPS) is 13.6. The minimum Gasteiger partial charge on any atom is -0.372 e. The summed E-state index contributed by atoms with van der Waals surface area (Å²) in [5.41, 5.74) is 4.62. The summed E-state index contributed by atoms with van der Waals surface area (Å²) in [7, 11) is 0. The first-order chi connectivity index (χ1) is 8.70. The third kappa shape index (κ3) is 5.53. The highest BCUT2D eigenvalue weighted by molar-refractivity contribution is 9.09. The predicted molar refractivity (Wildman–Crippen MR) is 73.8 cm³/mol. The second kappa shape index (κ2) is 6.75. The summed E-state index contributed by atoms with van der Waals surface area (Å²) >= 11 is 3.53. The summed E-state index contributed by atoms with van der Waals surface area (Å²) in [5, 5.41) is 0. The first-order valence-corrected chi connectivity index (χ1v) is 6.98. The van der Waals surface area contributed by atoms with Crippen LogP contribution in [-0.4, -0.2) is 19.4 Å². The minimum absolute atomic E-state index is 0.0151. The molecule has 0 spiro atoms. The summed E-state index contributed by atoms with van der Waals surface area (Å²) in [6, 6.07) is 4.15. The van der Waals surface area contributed by atoms with E-state index in [1.807, 2.05) is 20.8 Å². The molecule has 0 N–H and O–H groups in total. The molecule has 0 aliphatic rings. The Morgan fingerprint density at radius 2 is 1.68 bits per heavy atom. The topological polar surface area (TPSA) is 9.23 Å². The highest BCUT2D eigenvalue weighted by Crippen LogP contribution is 2.32. The smallest absolute Gasteiger partial charge is 0.372 e. The van der Waals surface area contributed by atoms with Crippen molar-refractivity contribution in [3.63, 3.8) is 0 Å². The van der Waals surface area contributed by atoms with E-state index in [-0.39, 0.29) is 11.4 Å². The summed E-state index contributed by atoms with van der Waals surface area (Å²) in [6.45, 7) is 4.96. The largest absolute Gasteiger partial charge is 0.411 e. The molecule has 1 unspecified atom stereocenters. The van der Waals surface area contributed by atoms with Gasteiger partial charge in [0.1, 0.15) is 6.61 Å². The van der Waals surface area contributed by atoms with Gasteiger partial charge in [-0.05, 0) is 43.9 Å². The van der Waals surface area contributed by atoms with Crippen molar-refractivity contribution in [1.29, 1.82) is 0 Å². The van der Waals surface area contributed by atoms with Gasteiger partial charge in [0.25, 0.3) is 0 Å². The molecule has 108 valence electrons. The van der Waals surface area contributed by atoms with Gasteiger partial charge in [-0.3, -0.25) is 0 Å². The number of benzene rings is 1. The van der Waals surface area contributed by atoms with Crippen LogP contribution in [0.5, 0.6) is 0 Å². The van der Waals surface area contributed by atoms with E-state index in [2.05, 4.69) is 32.8 Å². The van der Waals surface area contributed by atoms with E-state index in [1.165, 1.54) is 5.56 Å². The monoisotopic (exact) mass is 338 g/mol. The third-order valence-electron chi connectivity index (χ3n) is 2.83. The van der Waals surface area contributed by atoms with Gasteiger partial charge in [0.05, 0.1) is 0 Å². The predicted octanol–water partition coefficient (Wildman–Crippen LogP) is 5.02. The van der Waals surface area contributed by atoms with Crippen molar-refractivity contribution in [3.05, 3.63) is 34.4 Å². The van der Waals surface area contributed by atoms with Crippen LogP contribution in [0.4, 0.5) is 13.2 Å². The highest BCUT2D eigenvalue weighted by atomic mass is 79.9. The zero-order chi connectivity index (χ0) is 14.6. The van der Waals surface area contributed by atoms with Crippen molar-refractivity contribution >= 4 is 15.9 Å². The summed E-state index contributed by atoms with van der Waals surface area (Å²) < 4.78 is 40.5. The van der Waals surface area contributed by atoms with E-state index >= 15 is 0 Å². The standard InChI is InChI=1S/C14H18BrF3O/c1-9-6-10(2)13(11(3)7-9)12(15)4-5-19-8-14(16,17)18/h6-7,12H,4-5,8H2,1-3H3. The lowest BCUT2D eigenvalue weighted by Gasteiger charge is -2.17. The van der Waals surface area contributed by atoms with Gasteiger partial charge < -0.3 is 4.74 Å². The molecule has 0 saturated heterocycles. The highest BCUT2D eigenvalue weighted by Gasteiger charge is 2.27. The third-order valence-corrected chi connectivity index (χ3v) is 3.75. The molecule has 19 heavy (non-hydrogen) atoms. The van der Waals surface area contributed by atoms with Crippen LogP contribution in [0.2, 0.25) is 0 Å². The van der Waals surface area contributed by atoms with Crippen LogP contribution in [0.15, 0.2) is 12.1 Å². The van der Waals surface area contributed by atoms with Crippen molar-refractivity contribution in [2.75, 3.05) is 13.2 Å². The van der Waals surface area contributed by atoms with Crippen LogP contribution in [0.3, 0.4) is 0 Å². The molecule has 1 rings (SSSR count). The van der Waals surface area contributed by atoms with Crippen LogP contribution < -0.4 is 0 Å². The summed E-state index contributed by atoms with van der Waals surface area (Å²) in [5.74, 6) is 0. The molecule has 0 amide bonds. The second-order valence-corrected chi connectivity index (χ2v) is 5.84. The van der Waals surface area contributed by atoms with Gasteiger partial charge in [0.2, 0.25) is 0 Å². The molecular weight excluding hydrogens is 321 g/mol. The van der Waals surface area contributed by atoms with Crippen LogP contribution in [-0.2, 0) is 4.74 Å². The fraction of sp³-hybridized carbons (Fsp3) is 0.571. The minimum atomic E-state index is -4.25. The number of alkyl halides is 4. The Labute approximate surface area is 120 Å². The van der Waals surface area contributed by atoms with Crippen molar-refractivity contribution in [2.24, 2.45) is 0 Å². The molecule has 0 bridgehead atoms. The molecule has 0 aromatic heterocycles. The quantitative estimate of drug-likeness (QED) is 0.541. The lowest BCUT2D eigenvalue weighted by atomic mass is 9.96. The van der Waals surface area contributed by atoms with Gasteiger partial charge >= 0.3 is 6.18 Å². The fourth-order valence-corrected chi connectivity index (χ4v) is 3.11. The molecular formula is C14H18BrF3O. The molecule has 1 nitrogen and oxygen atoms in total. The number of rotatable bonds is 5. The van der Waals surface area contributed by atoms with Crippen molar-refractivity contribution in [1.82, 2.24) is 0 Å².